The molecule has 0 saturated heterocycles. The van der Waals surface area contributed by atoms with Crippen molar-refractivity contribution in [1.29, 1.82) is 0 Å². The van der Waals surface area contributed by atoms with Crippen molar-refractivity contribution < 1.29 is 4.79 Å². The summed E-state index contributed by atoms with van der Waals surface area (Å²) in [6.45, 7) is 1.03. The molecule has 0 unspecified atom stereocenters. The summed E-state index contributed by atoms with van der Waals surface area (Å²) in [5.41, 5.74) is 7.44. The third-order valence-corrected chi connectivity index (χ3v) is 4.46. The SMILES string of the molecule is CN(CCN)C(=O)c1ccc(-c2ccnc3[nH]ccc23)s1. The summed E-state index contributed by atoms with van der Waals surface area (Å²) >= 11 is 1.49. The van der Waals surface area contributed by atoms with Gasteiger partial charge < -0.3 is 15.6 Å². The fourth-order valence-electron chi connectivity index (χ4n) is 2.26. The van der Waals surface area contributed by atoms with Crippen LogP contribution in [0.25, 0.3) is 21.5 Å². The Balaban J connectivity index is 1.95. The van der Waals surface area contributed by atoms with Gasteiger partial charge in [-0.15, -0.1) is 11.3 Å². The summed E-state index contributed by atoms with van der Waals surface area (Å²) in [4.78, 5) is 23.1. The minimum absolute atomic E-state index is 0.0102. The Labute approximate surface area is 126 Å². The molecule has 3 aromatic heterocycles. The highest BCUT2D eigenvalue weighted by molar-refractivity contribution is 7.17. The largest absolute Gasteiger partial charge is 0.346 e. The first-order chi connectivity index (χ1) is 10.2. The molecule has 0 aliphatic carbocycles. The van der Waals surface area contributed by atoms with Gasteiger partial charge in [0.1, 0.15) is 5.65 Å². The van der Waals surface area contributed by atoms with E-state index in [0.717, 1.165) is 26.4 Å². The van der Waals surface area contributed by atoms with E-state index in [1.807, 2.05) is 30.5 Å². The number of hydrogen-bond acceptors (Lipinski definition) is 4. The van der Waals surface area contributed by atoms with Crippen LogP contribution in [0, 0.1) is 0 Å². The highest BCUT2D eigenvalue weighted by Gasteiger charge is 2.15. The van der Waals surface area contributed by atoms with E-state index in [4.69, 9.17) is 5.73 Å². The molecule has 0 aromatic carbocycles. The van der Waals surface area contributed by atoms with Gasteiger partial charge in [0.25, 0.3) is 5.91 Å². The van der Waals surface area contributed by atoms with Crippen molar-refractivity contribution in [2.24, 2.45) is 5.73 Å². The van der Waals surface area contributed by atoms with Crippen molar-refractivity contribution in [3.8, 4) is 10.4 Å². The predicted molar refractivity (Wildman–Crippen MR) is 85.4 cm³/mol. The topological polar surface area (TPSA) is 75.0 Å². The van der Waals surface area contributed by atoms with Gasteiger partial charge in [-0.25, -0.2) is 4.98 Å². The molecule has 3 rings (SSSR count). The van der Waals surface area contributed by atoms with Crippen LogP contribution in [0.5, 0.6) is 0 Å². The second kappa shape index (κ2) is 5.67. The first-order valence-electron chi connectivity index (χ1n) is 6.68. The molecule has 0 bridgehead atoms. The van der Waals surface area contributed by atoms with Gasteiger partial charge >= 0.3 is 0 Å². The lowest BCUT2D eigenvalue weighted by Crippen LogP contribution is -2.31. The van der Waals surface area contributed by atoms with E-state index in [1.165, 1.54) is 11.3 Å². The van der Waals surface area contributed by atoms with Gasteiger partial charge in [-0.2, -0.15) is 0 Å². The Morgan fingerprint density at radius 2 is 2.24 bits per heavy atom. The number of hydrogen-bond donors (Lipinski definition) is 2. The van der Waals surface area contributed by atoms with Gasteiger partial charge in [0, 0.05) is 48.4 Å². The average Bonchev–Trinajstić information content (AvgIpc) is 3.15. The molecule has 0 fully saturated rings. The first-order valence-corrected chi connectivity index (χ1v) is 7.50. The number of thiophene rings is 1. The number of fused-ring (bicyclic) bond motifs is 1. The smallest absolute Gasteiger partial charge is 0.263 e. The van der Waals surface area contributed by atoms with E-state index in [1.54, 1.807) is 18.1 Å². The average molecular weight is 300 g/mol. The predicted octanol–water partition coefficient (Wildman–Crippen LogP) is 2.32. The van der Waals surface area contributed by atoms with E-state index in [9.17, 15) is 4.79 Å². The van der Waals surface area contributed by atoms with Crippen LogP contribution in [0.4, 0.5) is 0 Å². The monoisotopic (exact) mass is 300 g/mol. The van der Waals surface area contributed by atoms with Crippen molar-refractivity contribution in [3.05, 3.63) is 41.5 Å². The molecule has 1 amide bonds. The Morgan fingerprint density at radius 1 is 1.38 bits per heavy atom. The van der Waals surface area contributed by atoms with E-state index in [-0.39, 0.29) is 5.91 Å². The van der Waals surface area contributed by atoms with Crippen molar-refractivity contribution >= 4 is 28.3 Å². The lowest BCUT2D eigenvalue weighted by Gasteiger charge is -2.14. The number of carbonyl (C=O) groups is 1. The standard InChI is InChI=1S/C15H16N4OS/c1-19(9-6-16)15(20)13-3-2-12(21-13)10-4-7-17-14-11(10)5-8-18-14/h2-5,7-8H,6,9,16H2,1H3,(H,17,18). The molecule has 6 heteroatoms. The summed E-state index contributed by atoms with van der Waals surface area (Å²) in [5.74, 6) is 0.0102. The number of nitrogens with one attached hydrogen (secondary N) is 1. The number of nitrogens with two attached hydrogens (primary N) is 1. The van der Waals surface area contributed by atoms with E-state index >= 15 is 0 Å². The summed E-state index contributed by atoms with van der Waals surface area (Å²) < 4.78 is 0. The van der Waals surface area contributed by atoms with Gasteiger partial charge in [0.15, 0.2) is 0 Å². The molecule has 108 valence electrons. The number of pyridine rings is 1. The van der Waals surface area contributed by atoms with Gasteiger partial charge in [-0.3, -0.25) is 4.79 Å². The van der Waals surface area contributed by atoms with E-state index in [2.05, 4.69) is 9.97 Å². The molecule has 3 N–H and O–H groups in total. The number of aromatic amines is 1. The van der Waals surface area contributed by atoms with Gasteiger partial charge in [0.2, 0.25) is 0 Å². The Kier molecular flexibility index (Phi) is 3.72. The van der Waals surface area contributed by atoms with Crippen LogP contribution >= 0.6 is 11.3 Å². The molecule has 3 heterocycles. The lowest BCUT2D eigenvalue weighted by molar-refractivity contribution is 0.0804. The molecule has 0 spiro atoms. The third-order valence-electron chi connectivity index (χ3n) is 3.35. The Bertz CT molecular complexity index is 777. The van der Waals surface area contributed by atoms with Crippen LogP contribution < -0.4 is 5.73 Å². The summed E-state index contributed by atoms with van der Waals surface area (Å²) in [7, 11) is 1.77. The molecule has 0 radical (unpaired) electrons. The maximum absolute atomic E-state index is 12.3. The van der Waals surface area contributed by atoms with Crippen LogP contribution in [0.3, 0.4) is 0 Å². The second-order valence-corrected chi connectivity index (χ2v) is 5.86. The van der Waals surface area contributed by atoms with Gasteiger partial charge in [0.05, 0.1) is 4.88 Å². The Hall–Kier alpha value is -2.18. The summed E-state index contributed by atoms with van der Waals surface area (Å²) in [6.07, 6.45) is 3.64. The zero-order chi connectivity index (χ0) is 14.8. The summed E-state index contributed by atoms with van der Waals surface area (Å²) in [5, 5.41) is 1.06. The number of aromatic nitrogens is 2. The zero-order valence-corrected chi connectivity index (χ0v) is 12.5. The molecule has 0 saturated carbocycles. The highest BCUT2D eigenvalue weighted by Crippen LogP contribution is 2.33. The minimum Gasteiger partial charge on any atom is -0.346 e. The van der Waals surface area contributed by atoms with Gasteiger partial charge in [-0.05, 0) is 24.3 Å². The van der Waals surface area contributed by atoms with Crippen LogP contribution in [0.15, 0.2) is 36.7 Å². The molecule has 0 atom stereocenters. The van der Waals surface area contributed by atoms with Crippen LogP contribution in [0.2, 0.25) is 0 Å². The number of likely N-dealkylation sites (N-methyl/N-ethyl adjacent to an activating group) is 1. The number of nitrogens with zero attached hydrogens (tertiary/aromatic N) is 2. The first kappa shape index (κ1) is 13.8. The molecular formula is C15H16N4OS. The van der Waals surface area contributed by atoms with Crippen LogP contribution in [-0.2, 0) is 0 Å². The van der Waals surface area contributed by atoms with E-state index in [0.29, 0.717) is 13.1 Å². The molecule has 5 nitrogen and oxygen atoms in total. The molecule has 21 heavy (non-hydrogen) atoms. The van der Waals surface area contributed by atoms with Crippen molar-refractivity contribution in [2.45, 2.75) is 0 Å². The molecule has 0 aliphatic heterocycles. The lowest BCUT2D eigenvalue weighted by atomic mass is 10.1. The Morgan fingerprint density at radius 3 is 3.05 bits per heavy atom. The highest BCUT2D eigenvalue weighted by atomic mass is 32.1. The van der Waals surface area contributed by atoms with Crippen molar-refractivity contribution in [3.63, 3.8) is 0 Å². The normalized spacial score (nSPS) is 11.0. The summed E-state index contributed by atoms with van der Waals surface area (Å²) in [6, 6.07) is 7.82. The maximum atomic E-state index is 12.3. The zero-order valence-electron chi connectivity index (χ0n) is 11.7. The quantitative estimate of drug-likeness (QED) is 0.776. The maximum Gasteiger partial charge on any atom is 0.263 e. The number of rotatable bonds is 4. The third kappa shape index (κ3) is 2.55. The van der Waals surface area contributed by atoms with Crippen molar-refractivity contribution in [1.82, 2.24) is 14.9 Å². The number of H-pyrrole nitrogens is 1. The molecule has 3 aromatic rings. The molecular weight excluding hydrogens is 284 g/mol. The van der Waals surface area contributed by atoms with Crippen molar-refractivity contribution in [2.75, 3.05) is 20.1 Å². The van der Waals surface area contributed by atoms with Gasteiger partial charge in [-0.1, -0.05) is 0 Å². The number of carbonyl (C=O) groups excluding carboxylic acids is 1. The number of amides is 1. The molecule has 0 aliphatic rings. The van der Waals surface area contributed by atoms with Crippen LogP contribution in [0.1, 0.15) is 9.67 Å². The second-order valence-electron chi connectivity index (χ2n) is 4.78. The van der Waals surface area contributed by atoms with E-state index < -0.39 is 0 Å². The fourth-order valence-corrected chi connectivity index (χ4v) is 3.30. The minimum atomic E-state index is 0.0102. The fraction of sp³-hybridized carbons (Fsp3) is 0.200. The van der Waals surface area contributed by atoms with Crippen LogP contribution in [-0.4, -0.2) is 40.9 Å².